The highest BCUT2D eigenvalue weighted by Crippen LogP contribution is 2.21. The average molecular weight is 344 g/mol. The van der Waals surface area contributed by atoms with E-state index >= 15 is 0 Å². The predicted molar refractivity (Wildman–Crippen MR) is 81.0 cm³/mol. The molecule has 17 heavy (non-hydrogen) atoms. The molecule has 1 aliphatic carbocycles. The summed E-state index contributed by atoms with van der Waals surface area (Å²) in [4.78, 5) is 0. The van der Waals surface area contributed by atoms with Crippen molar-refractivity contribution in [2.75, 3.05) is 6.54 Å². The molecule has 2 nitrogen and oxygen atoms in total. The lowest BCUT2D eigenvalue weighted by Gasteiger charge is -2.28. The lowest BCUT2D eigenvalue weighted by atomic mass is 9.94. The van der Waals surface area contributed by atoms with E-state index in [-0.39, 0.29) is 0 Å². The van der Waals surface area contributed by atoms with Crippen LogP contribution in [0.3, 0.4) is 0 Å². The normalized spacial score (nSPS) is 19.2. The first-order chi connectivity index (χ1) is 8.29. The molecule has 1 saturated carbocycles. The van der Waals surface area contributed by atoms with Gasteiger partial charge in [-0.2, -0.15) is 0 Å². The highest BCUT2D eigenvalue weighted by Gasteiger charge is 2.17. The zero-order valence-corrected chi connectivity index (χ0v) is 12.3. The van der Waals surface area contributed by atoms with Gasteiger partial charge < -0.3 is 11.1 Å². The molecule has 1 aromatic rings. The fourth-order valence-corrected chi connectivity index (χ4v) is 2.91. The van der Waals surface area contributed by atoms with Crippen molar-refractivity contribution in [3.05, 3.63) is 33.4 Å². The zero-order chi connectivity index (χ0) is 12.1. The van der Waals surface area contributed by atoms with Gasteiger partial charge in [0.1, 0.15) is 0 Å². The van der Waals surface area contributed by atoms with E-state index < -0.39 is 0 Å². The predicted octanol–water partition coefficient (Wildman–Crippen LogP) is 3.21. The van der Waals surface area contributed by atoms with Crippen molar-refractivity contribution >= 4 is 22.6 Å². The summed E-state index contributed by atoms with van der Waals surface area (Å²) in [7, 11) is 0. The van der Waals surface area contributed by atoms with Crippen LogP contribution in [0.5, 0.6) is 0 Å². The summed E-state index contributed by atoms with van der Waals surface area (Å²) >= 11 is 2.34. The van der Waals surface area contributed by atoms with Crippen LogP contribution in [-0.4, -0.2) is 12.6 Å². The van der Waals surface area contributed by atoms with Crippen LogP contribution >= 0.6 is 22.6 Å². The number of rotatable bonds is 4. The SMILES string of the molecule is NCC(NC1CCCCC1)c1ccc(I)cc1. The Morgan fingerprint density at radius 2 is 1.82 bits per heavy atom. The molecule has 1 atom stereocenters. The number of nitrogens with one attached hydrogen (secondary N) is 1. The van der Waals surface area contributed by atoms with Crippen LogP contribution in [-0.2, 0) is 0 Å². The van der Waals surface area contributed by atoms with Crippen molar-refractivity contribution in [1.82, 2.24) is 5.32 Å². The summed E-state index contributed by atoms with van der Waals surface area (Å²) in [6, 6.07) is 9.67. The highest BCUT2D eigenvalue weighted by molar-refractivity contribution is 14.1. The second kappa shape index (κ2) is 6.71. The maximum absolute atomic E-state index is 5.90. The molecular weight excluding hydrogens is 323 g/mol. The van der Waals surface area contributed by atoms with E-state index in [4.69, 9.17) is 5.73 Å². The summed E-state index contributed by atoms with van der Waals surface area (Å²) in [5.41, 5.74) is 7.21. The molecule has 0 saturated heterocycles. The Labute approximate surface area is 117 Å². The second-order valence-corrected chi connectivity index (χ2v) is 6.09. The second-order valence-electron chi connectivity index (χ2n) is 4.84. The molecule has 0 amide bonds. The molecule has 0 bridgehead atoms. The van der Waals surface area contributed by atoms with Crippen LogP contribution < -0.4 is 11.1 Å². The topological polar surface area (TPSA) is 38.0 Å². The summed E-state index contributed by atoms with van der Waals surface area (Å²) in [5, 5.41) is 3.71. The van der Waals surface area contributed by atoms with Gasteiger partial charge in [0.05, 0.1) is 0 Å². The maximum Gasteiger partial charge on any atom is 0.0446 e. The van der Waals surface area contributed by atoms with Gasteiger partial charge in [-0.15, -0.1) is 0 Å². The van der Waals surface area contributed by atoms with Gasteiger partial charge in [-0.1, -0.05) is 31.4 Å². The molecule has 0 spiro atoms. The van der Waals surface area contributed by atoms with Crippen LogP contribution in [0.25, 0.3) is 0 Å². The summed E-state index contributed by atoms with van der Waals surface area (Å²) < 4.78 is 1.28. The molecule has 94 valence electrons. The van der Waals surface area contributed by atoms with E-state index in [1.54, 1.807) is 0 Å². The Morgan fingerprint density at radius 3 is 2.41 bits per heavy atom. The van der Waals surface area contributed by atoms with Crippen LogP contribution in [0.2, 0.25) is 0 Å². The zero-order valence-electron chi connectivity index (χ0n) is 10.2. The third-order valence-corrected chi connectivity index (χ3v) is 4.27. The molecule has 0 aliphatic heterocycles. The lowest BCUT2D eigenvalue weighted by Crippen LogP contribution is -2.37. The summed E-state index contributed by atoms with van der Waals surface area (Å²) in [6.45, 7) is 0.678. The standard InChI is InChI=1S/C14H21IN2/c15-12-8-6-11(7-9-12)14(10-16)17-13-4-2-1-3-5-13/h6-9,13-14,17H,1-5,10,16H2. The fourth-order valence-electron chi connectivity index (χ4n) is 2.55. The van der Waals surface area contributed by atoms with Crippen LogP contribution in [0.15, 0.2) is 24.3 Å². The van der Waals surface area contributed by atoms with Crippen molar-refractivity contribution in [2.45, 2.75) is 44.2 Å². The van der Waals surface area contributed by atoms with Crippen LogP contribution in [0.1, 0.15) is 43.7 Å². The van der Waals surface area contributed by atoms with Gasteiger partial charge in [-0.3, -0.25) is 0 Å². The monoisotopic (exact) mass is 344 g/mol. The highest BCUT2D eigenvalue weighted by atomic mass is 127. The minimum absolute atomic E-state index is 0.315. The molecule has 2 rings (SSSR count). The first kappa shape index (κ1) is 13.3. The molecule has 0 radical (unpaired) electrons. The van der Waals surface area contributed by atoms with Crippen molar-refractivity contribution in [2.24, 2.45) is 5.73 Å². The smallest absolute Gasteiger partial charge is 0.0446 e. The fraction of sp³-hybridized carbons (Fsp3) is 0.571. The number of hydrogen-bond donors (Lipinski definition) is 2. The summed E-state index contributed by atoms with van der Waals surface area (Å²) in [5.74, 6) is 0. The molecule has 1 aliphatic rings. The molecule has 1 fully saturated rings. The Balaban J connectivity index is 1.97. The molecule has 0 heterocycles. The summed E-state index contributed by atoms with van der Waals surface area (Å²) in [6.07, 6.45) is 6.74. The average Bonchev–Trinajstić information content (AvgIpc) is 2.38. The number of halogens is 1. The van der Waals surface area contributed by atoms with E-state index in [1.165, 1.54) is 41.2 Å². The lowest BCUT2D eigenvalue weighted by molar-refractivity contribution is 0.340. The molecule has 3 N–H and O–H groups in total. The van der Waals surface area contributed by atoms with Gasteiger partial charge in [0, 0.05) is 22.2 Å². The first-order valence-electron chi connectivity index (χ1n) is 6.51. The number of hydrogen-bond acceptors (Lipinski definition) is 2. The number of benzene rings is 1. The van der Waals surface area contributed by atoms with Crippen molar-refractivity contribution in [3.8, 4) is 0 Å². The van der Waals surface area contributed by atoms with E-state index in [2.05, 4.69) is 52.2 Å². The van der Waals surface area contributed by atoms with E-state index in [1.807, 2.05) is 0 Å². The molecule has 3 heteroatoms. The molecule has 0 aromatic heterocycles. The van der Waals surface area contributed by atoms with Gasteiger partial charge in [0.2, 0.25) is 0 Å². The van der Waals surface area contributed by atoms with E-state index in [0.717, 1.165) is 0 Å². The van der Waals surface area contributed by atoms with Crippen molar-refractivity contribution < 1.29 is 0 Å². The Morgan fingerprint density at radius 1 is 1.18 bits per heavy atom. The quantitative estimate of drug-likeness (QED) is 0.824. The van der Waals surface area contributed by atoms with Gasteiger partial charge in [-0.25, -0.2) is 0 Å². The van der Waals surface area contributed by atoms with Crippen LogP contribution in [0, 0.1) is 3.57 Å². The minimum Gasteiger partial charge on any atom is -0.329 e. The van der Waals surface area contributed by atoms with E-state index in [0.29, 0.717) is 18.6 Å². The van der Waals surface area contributed by atoms with Gasteiger partial charge in [0.15, 0.2) is 0 Å². The van der Waals surface area contributed by atoms with Crippen molar-refractivity contribution in [3.63, 3.8) is 0 Å². The molecule has 1 unspecified atom stereocenters. The maximum atomic E-state index is 5.90. The van der Waals surface area contributed by atoms with Gasteiger partial charge in [-0.05, 0) is 53.1 Å². The Bertz CT molecular complexity index is 331. The van der Waals surface area contributed by atoms with Gasteiger partial charge in [0.25, 0.3) is 0 Å². The third kappa shape index (κ3) is 3.93. The molecular formula is C14H21IN2. The van der Waals surface area contributed by atoms with E-state index in [9.17, 15) is 0 Å². The largest absolute Gasteiger partial charge is 0.329 e. The molecule has 1 aromatic carbocycles. The first-order valence-corrected chi connectivity index (χ1v) is 7.59. The number of nitrogens with two attached hydrogens (primary N) is 1. The Kier molecular flexibility index (Phi) is 5.25. The van der Waals surface area contributed by atoms with Crippen LogP contribution in [0.4, 0.5) is 0 Å². The third-order valence-electron chi connectivity index (χ3n) is 3.55. The van der Waals surface area contributed by atoms with Gasteiger partial charge >= 0.3 is 0 Å². The van der Waals surface area contributed by atoms with Crippen molar-refractivity contribution in [1.29, 1.82) is 0 Å². The Hall–Kier alpha value is -0.130. The minimum atomic E-state index is 0.315.